The molecule has 0 atom stereocenters. The SMILES string of the molecule is O=C(O)C(=O)O.O=[N+]([O-])c1ccccc1CN1CCN(Cc2ccco2)CC1. The first-order valence-corrected chi connectivity index (χ1v) is 8.52. The lowest BCUT2D eigenvalue weighted by Crippen LogP contribution is -2.45. The van der Waals surface area contributed by atoms with E-state index in [4.69, 9.17) is 24.2 Å². The van der Waals surface area contributed by atoms with E-state index in [1.54, 1.807) is 18.4 Å². The van der Waals surface area contributed by atoms with Crippen LogP contribution in [-0.4, -0.2) is 63.1 Å². The van der Waals surface area contributed by atoms with Crippen molar-refractivity contribution in [1.82, 2.24) is 9.80 Å². The number of benzene rings is 1. The number of carboxylic acids is 2. The fourth-order valence-corrected chi connectivity index (χ4v) is 2.79. The van der Waals surface area contributed by atoms with E-state index in [1.165, 1.54) is 0 Å². The van der Waals surface area contributed by atoms with Crippen molar-refractivity contribution in [2.24, 2.45) is 0 Å². The summed E-state index contributed by atoms with van der Waals surface area (Å²) in [5.74, 6) is -2.67. The van der Waals surface area contributed by atoms with Gasteiger partial charge in [0.2, 0.25) is 0 Å². The zero-order chi connectivity index (χ0) is 20.5. The number of hydrogen-bond acceptors (Lipinski definition) is 7. The smallest absolute Gasteiger partial charge is 0.414 e. The Balaban J connectivity index is 0.000000409. The van der Waals surface area contributed by atoms with Gasteiger partial charge in [-0.2, -0.15) is 0 Å². The van der Waals surface area contributed by atoms with E-state index in [-0.39, 0.29) is 10.6 Å². The first-order chi connectivity index (χ1) is 13.4. The van der Waals surface area contributed by atoms with Gasteiger partial charge in [0.25, 0.3) is 5.69 Å². The molecule has 1 aliphatic rings. The van der Waals surface area contributed by atoms with Crippen LogP contribution in [0.2, 0.25) is 0 Å². The maximum Gasteiger partial charge on any atom is 0.414 e. The molecule has 0 spiro atoms. The van der Waals surface area contributed by atoms with Crippen LogP contribution in [0.25, 0.3) is 0 Å². The Morgan fingerprint density at radius 3 is 2.04 bits per heavy atom. The van der Waals surface area contributed by atoms with Crippen molar-refractivity contribution in [3.05, 3.63) is 64.1 Å². The molecule has 2 N–H and O–H groups in total. The molecule has 2 heterocycles. The maximum atomic E-state index is 11.1. The van der Waals surface area contributed by atoms with Gasteiger partial charge in [-0.15, -0.1) is 0 Å². The van der Waals surface area contributed by atoms with Crippen LogP contribution in [0.4, 0.5) is 5.69 Å². The van der Waals surface area contributed by atoms with E-state index in [9.17, 15) is 10.1 Å². The van der Waals surface area contributed by atoms with E-state index in [1.807, 2.05) is 24.3 Å². The van der Waals surface area contributed by atoms with E-state index in [2.05, 4.69) is 9.80 Å². The Labute approximate surface area is 160 Å². The number of hydrogen-bond donors (Lipinski definition) is 2. The Hall–Kier alpha value is -3.24. The summed E-state index contributed by atoms with van der Waals surface area (Å²) in [4.78, 5) is 33.6. The largest absolute Gasteiger partial charge is 0.473 e. The average molecular weight is 391 g/mol. The van der Waals surface area contributed by atoms with Crippen LogP contribution >= 0.6 is 0 Å². The predicted octanol–water partition coefficient (Wildman–Crippen LogP) is 1.66. The summed E-state index contributed by atoms with van der Waals surface area (Å²) in [6.45, 7) is 5.17. The lowest BCUT2D eigenvalue weighted by molar-refractivity contribution is -0.385. The number of carbonyl (C=O) groups is 2. The van der Waals surface area contributed by atoms with Crippen LogP contribution in [0.1, 0.15) is 11.3 Å². The molecule has 1 aromatic heterocycles. The third-order valence-electron chi connectivity index (χ3n) is 4.19. The Morgan fingerprint density at radius 2 is 1.54 bits per heavy atom. The highest BCUT2D eigenvalue weighted by molar-refractivity contribution is 6.27. The van der Waals surface area contributed by atoms with E-state index >= 15 is 0 Å². The molecular formula is C18H21N3O7. The zero-order valence-corrected chi connectivity index (χ0v) is 15.1. The first-order valence-electron chi connectivity index (χ1n) is 8.52. The summed E-state index contributed by atoms with van der Waals surface area (Å²) in [6, 6.07) is 10.9. The zero-order valence-electron chi connectivity index (χ0n) is 15.1. The molecule has 1 saturated heterocycles. The highest BCUT2D eigenvalue weighted by atomic mass is 16.6. The third-order valence-corrected chi connectivity index (χ3v) is 4.19. The number of aliphatic carboxylic acids is 2. The van der Waals surface area contributed by atoms with Crippen molar-refractivity contribution in [1.29, 1.82) is 0 Å². The molecule has 1 aromatic carbocycles. The molecule has 10 nitrogen and oxygen atoms in total. The second-order valence-corrected chi connectivity index (χ2v) is 6.13. The number of para-hydroxylation sites is 1. The molecule has 1 fully saturated rings. The van der Waals surface area contributed by atoms with Crippen LogP contribution in [0.5, 0.6) is 0 Å². The van der Waals surface area contributed by atoms with E-state index in [0.29, 0.717) is 6.54 Å². The van der Waals surface area contributed by atoms with Gasteiger partial charge in [0, 0.05) is 44.4 Å². The monoisotopic (exact) mass is 391 g/mol. The second-order valence-electron chi connectivity index (χ2n) is 6.13. The van der Waals surface area contributed by atoms with Gasteiger partial charge in [0.05, 0.1) is 17.7 Å². The number of rotatable bonds is 5. The van der Waals surface area contributed by atoms with Gasteiger partial charge in [-0.3, -0.25) is 19.9 Å². The number of piperazine rings is 1. The van der Waals surface area contributed by atoms with Crippen molar-refractivity contribution in [2.75, 3.05) is 26.2 Å². The first kappa shape index (κ1) is 21.1. The summed E-state index contributed by atoms with van der Waals surface area (Å²) >= 11 is 0. The Kier molecular flexibility index (Phi) is 7.66. The summed E-state index contributed by atoms with van der Waals surface area (Å²) in [6.07, 6.45) is 1.69. The standard InChI is InChI=1S/C16H19N3O3.C2H2O4/c20-19(21)16-6-2-1-4-14(16)12-17-7-9-18(10-8-17)13-15-5-3-11-22-15;3-1(4)2(5)6/h1-6,11H,7-10,12-13H2;(H,3,4)(H,5,6). The maximum absolute atomic E-state index is 11.1. The van der Waals surface area contributed by atoms with Gasteiger partial charge in [-0.05, 0) is 12.1 Å². The van der Waals surface area contributed by atoms with Gasteiger partial charge in [0.15, 0.2) is 0 Å². The molecule has 150 valence electrons. The predicted molar refractivity (Wildman–Crippen MR) is 97.6 cm³/mol. The van der Waals surface area contributed by atoms with Crippen molar-refractivity contribution >= 4 is 17.6 Å². The van der Waals surface area contributed by atoms with Crippen molar-refractivity contribution in [2.45, 2.75) is 13.1 Å². The fraction of sp³-hybridized carbons (Fsp3) is 0.333. The number of nitro groups is 1. The topological polar surface area (TPSA) is 137 Å². The van der Waals surface area contributed by atoms with Crippen molar-refractivity contribution in [3.63, 3.8) is 0 Å². The van der Waals surface area contributed by atoms with E-state index < -0.39 is 11.9 Å². The van der Waals surface area contributed by atoms with Gasteiger partial charge in [0.1, 0.15) is 5.76 Å². The minimum Gasteiger partial charge on any atom is -0.473 e. The molecule has 0 saturated carbocycles. The third kappa shape index (κ3) is 6.49. The summed E-state index contributed by atoms with van der Waals surface area (Å²) in [5.41, 5.74) is 0.993. The summed E-state index contributed by atoms with van der Waals surface area (Å²) in [7, 11) is 0. The molecule has 10 heteroatoms. The molecule has 0 radical (unpaired) electrons. The molecule has 1 aliphatic heterocycles. The molecule has 0 aliphatic carbocycles. The normalized spacial score (nSPS) is 14.7. The average Bonchev–Trinajstić information content (AvgIpc) is 3.17. The highest BCUT2D eigenvalue weighted by Crippen LogP contribution is 2.20. The number of nitro benzene ring substituents is 1. The lowest BCUT2D eigenvalue weighted by Gasteiger charge is -2.34. The Bertz CT molecular complexity index is 787. The molecule has 0 bridgehead atoms. The fourth-order valence-electron chi connectivity index (χ4n) is 2.79. The van der Waals surface area contributed by atoms with Crippen LogP contribution in [0, 0.1) is 10.1 Å². The van der Waals surface area contributed by atoms with Gasteiger partial charge in [-0.1, -0.05) is 18.2 Å². The molecule has 28 heavy (non-hydrogen) atoms. The minimum atomic E-state index is -1.82. The lowest BCUT2D eigenvalue weighted by atomic mass is 10.1. The van der Waals surface area contributed by atoms with Crippen LogP contribution in [-0.2, 0) is 22.7 Å². The molecule has 0 amide bonds. The van der Waals surface area contributed by atoms with Crippen molar-refractivity contribution < 1.29 is 29.1 Å². The molecule has 0 unspecified atom stereocenters. The summed E-state index contributed by atoms with van der Waals surface area (Å²) in [5, 5.41) is 25.8. The van der Waals surface area contributed by atoms with Gasteiger partial charge >= 0.3 is 11.9 Å². The minimum absolute atomic E-state index is 0.209. The highest BCUT2D eigenvalue weighted by Gasteiger charge is 2.20. The number of carboxylic acid groups (broad SMARTS) is 2. The summed E-state index contributed by atoms with van der Waals surface area (Å²) < 4.78 is 5.37. The van der Waals surface area contributed by atoms with Crippen LogP contribution in [0.15, 0.2) is 47.1 Å². The number of furan rings is 1. The molecular weight excluding hydrogens is 370 g/mol. The van der Waals surface area contributed by atoms with Gasteiger partial charge < -0.3 is 14.6 Å². The second kappa shape index (κ2) is 10.2. The number of nitrogens with zero attached hydrogens (tertiary/aromatic N) is 3. The molecule has 3 rings (SSSR count). The van der Waals surface area contributed by atoms with Gasteiger partial charge in [-0.25, -0.2) is 9.59 Å². The van der Waals surface area contributed by atoms with Crippen molar-refractivity contribution in [3.8, 4) is 0 Å². The Morgan fingerprint density at radius 1 is 0.964 bits per heavy atom. The quantitative estimate of drug-likeness (QED) is 0.443. The van der Waals surface area contributed by atoms with E-state index in [0.717, 1.165) is 44.0 Å². The molecule has 2 aromatic rings. The van der Waals surface area contributed by atoms with Crippen LogP contribution in [0.3, 0.4) is 0 Å². The van der Waals surface area contributed by atoms with Crippen LogP contribution < -0.4 is 0 Å².